The minimum Gasteiger partial charge on any atom is -0.315 e. The average Bonchev–Trinajstić information content (AvgIpc) is 2.30. The Morgan fingerprint density at radius 1 is 0.765 bits per heavy atom. The van der Waals surface area contributed by atoms with Crippen LogP contribution in [0.15, 0.2) is 0 Å². The lowest BCUT2D eigenvalue weighted by molar-refractivity contribution is 0.241. The standard InChI is InChI=1S/C14H33N3/c1-5-7-8-9-15-10-12-17(11-6-2)14-13-16(3)4/h15H,5-14H2,1-4H3. The van der Waals surface area contributed by atoms with E-state index in [4.69, 9.17) is 0 Å². The van der Waals surface area contributed by atoms with Crippen LogP contribution in [0.3, 0.4) is 0 Å². The lowest BCUT2D eigenvalue weighted by Crippen LogP contribution is -2.37. The molecule has 104 valence electrons. The SMILES string of the molecule is CCCCCNCCN(CCC)CCN(C)C. The molecule has 0 aliphatic carbocycles. The van der Waals surface area contributed by atoms with E-state index in [9.17, 15) is 0 Å². The van der Waals surface area contributed by atoms with Crippen molar-refractivity contribution >= 4 is 0 Å². The number of nitrogens with one attached hydrogen (secondary N) is 1. The van der Waals surface area contributed by atoms with E-state index in [2.05, 4.69) is 43.1 Å². The minimum atomic E-state index is 1.14. The van der Waals surface area contributed by atoms with E-state index in [1.807, 2.05) is 0 Å². The average molecular weight is 243 g/mol. The van der Waals surface area contributed by atoms with Gasteiger partial charge in [0.1, 0.15) is 0 Å². The van der Waals surface area contributed by atoms with Gasteiger partial charge in [0.05, 0.1) is 0 Å². The fraction of sp³-hybridized carbons (Fsp3) is 1.00. The van der Waals surface area contributed by atoms with E-state index >= 15 is 0 Å². The molecule has 0 fully saturated rings. The van der Waals surface area contributed by atoms with Gasteiger partial charge in [0.25, 0.3) is 0 Å². The van der Waals surface area contributed by atoms with Gasteiger partial charge in [-0.1, -0.05) is 26.7 Å². The Kier molecular flexibility index (Phi) is 12.3. The predicted molar refractivity (Wildman–Crippen MR) is 77.7 cm³/mol. The monoisotopic (exact) mass is 243 g/mol. The van der Waals surface area contributed by atoms with Crippen molar-refractivity contribution in [2.24, 2.45) is 0 Å². The molecular weight excluding hydrogens is 210 g/mol. The smallest absolute Gasteiger partial charge is 0.0110 e. The van der Waals surface area contributed by atoms with E-state index in [1.54, 1.807) is 0 Å². The Labute approximate surface area is 109 Å². The van der Waals surface area contributed by atoms with Crippen LogP contribution in [-0.4, -0.2) is 63.2 Å². The molecule has 0 radical (unpaired) electrons. The van der Waals surface area contributed by atoms with Gasteiger partial charge in [0.2, 0.25) is 0 Å². The third-order valence-electron chi connectivity index (χ3n) is 2.97. The molecule has 0 amide bonds. The summed E-state index contributed by atoms with van der Waals surface area (Å²) < 4.78 is 0. The largest absolute Gasteiger partial charge is 0.315 e. The molecule has 0 saturated heterocycles. The number of nitrogens with zero attached hydrogens (tertiary/aromatic N) is 2. The minimum absolute atomic E-state index is 1.14. The number of rotatable bonds is 12. The topological polar surface area (TPSA) is 18.5 Å². The van der Waals surface area contributed by atoms with Gasteiger partial charge in [-0.25, -0.2) is 0 Å². The highest BCUT2D eigenvalue weighted by Gasteiger charge is 2.03. The maximum Gasteiger partial charge on any atom is 0.0110 e. The third kappa shape index (κ3) is 12.1. The number of likely N-dealkylation sites (N-methyl/N-ethyl adjacent to an activating group) is 1. The Hall–Kier alpha value is -0.120. The Morgan fingerprint density at radius 3 is 2.12 bits per heavy atom. The van der Waals surface area contributed by atoms with Crippen LogP contribution in [0.25, 0.3) is 0 Å². The van der Waals surface area contributed by atoms with Crippen molar-refractivity contribution in [1.29, 1.82) is 0 Å². The summed E-state index contributed by atoms with van der Waals surface area (Å²) in [7, 11) is 4.29. The molecule has 1 N–H and O–H groups in total. The molecule has 3 heteroatoms. The maximum absolute atomic E-state index is 3.54. The van der Waals surface area contributed by atoms with Gasteiger partial charge in [-0.3, -0.25) is 0 Å². The third-order valence-corrected chi connectivity index (χ3v) is 2.97. The molecule has 3 nitrogen and oxygen atoms in total. The van der Waals surface area contributed by atoms with Crippen LogP contribution in [0.1, 0.15) is 39.5 Å². The van der Waals surface area contributed by atoms with E-state index in [0.29, 0.717) is 0 Å². The fourth-order valence-corrected chi connectivity index (χ4v) is 1.86. The Bertz CT molecular complexity index is 148. The second-order valence-electron chi connectivity index (χ2n) is 5.10. The summed E-state index contributed by atoms with van der Waals surface area (Å²) in [6.45, 7) is 11.6. The Balaban J connectivity index is 3.48. The lowest BCUT2D eigenvalue weighted by Gasteiger charge is -2.23. The molecule has 0 atom stereocenters. The molecule has 17 heavy (non-hydrogen) atoms. The first-order chi connectivity index (χ1) is 8.20. The highest BCUT2D eigenvalue weighted by atomic mass is 15.2. The number of hydrogen-bond donors (Lipinski definition) is 1. The molecule has 0 heterocycles. The second-order valence-corrected chi connectivity index (χ2v) is 5.10. The molecule has 0 rings (SSSR count). The fourth-order valence-electron chi connectivity index (χ4n) is 1.86. The highest BCUT2D eigenvalue weighted by Crippen LogP contribution is 1.93. The maximum atomic E-state index is 3.54. The highest BCUT2D eigenvalue weighted by molar-refractivity contribution is 4.61. The lowest BCUT2D eigenvalue weighted by atomic mass is 10.2. The summed E-state index contributed by atoms with van der Waals surface area (Å²) in [5.41, 5.74) is 0. The zero-order chi connectivity index (χ0) is 12.9. The van der Waals surface area contributed by atoms with Crippen LogP contribution in [0.2, 0.25) is 0 Å². The summed E-state index contributed by atoms with van der Waals surface area (Å²) in [5, 5.41) is 3.54. The normalized spacial score (nSPS) is 11.6. The van der Waals surface area contributed by atoms with Crippen LogP contribution in [0, 0.1) is 0 Å². The van der Waals surface area contributed by atoms with Crippen molar-refractivity contribution in [1.82, 2.24) is 15.1 Å². The summed E-state index contributed by atoms with van der Waals surface area (Å²) in [4.78, 5) is 4.82. The zero-order valence-corrected chi connectivity index (χ0v) is 12.5. The summed E-state index contributed by atoms with van der Waals surface area (Å²) >= 11 is 0. The van der Waals surface area contributed by atoms with E-state index < -0.39 is 0 Å². The molecule has 0 aromatic carbocycles. The van der Waals surface area contributed by atoms with Crippen molar-refractivity contribution in [3.63, 3.8) is 0 Å². The second kappa shape index (κ2) is 12.3. The summed E-state index contributed by atoms with van der Waals surface area (Å²) in [5.74, 6) is 0. The van der Waals surface area contributed by atoms with E-state index in [1.165, 1.54) is 51.9 Å². The van der Waals surface area contributed by atoms with Crippen molar-refractivity contribution < 1.29 is 0 Å². The molecule has 0 bridgehead atoms. The van der Waals surface area contributed by atoms with Crippen LogP contribution >= 0.6 is 0 Å². The first-order valence-electron chi connectivity index (χ1n) is 7.28. The van der Waals surface area contributed by atoms with Gasteiger partial charge < -0.3 is 15.1 Å². The molecule has 0 unspecified atom stereocenters. The predicted octanol–water partition coefficient (Wildman–Crippen LogP) is 2.04. The van der Waals surface area contributed by atoms with Gasteiger partial charge in [-0.2, -0.15) is 0 Å². The van der Waals surface area contributed by atoms with Gasteiger partial charge in [-0.05, 0) is 40.0 Å². The van der Waals surface area contributed by atoms with Crippen LogP contribution in [0.5, 0.6) is 0 Å². The van der Waals surface area contributed by atoms with Crippen molar-refractivity contribution in [2.75, 3.05) is 53.4 Å². The molecule has 0 aromatic rings. The molecule has 0 spiro atoms. The van der Waals surface area contributed by atoms with Crippen molar-refractivity contribution in [3.05, 3.63) is 0 Å². The van der Waals surface area contributed by atoms with Gasteiger partial charge in [0, 0.05) is 26.2 Å². The first kappa shape index (κ1) is 16.9. The number of hydrogen-bond acceptors (Lipinski definition) is 3. The first-order valence-corrected chi connectivity index (χ1v) is 7.28. The Morgan fingerprint density at radius 2 is 1.53 bits per heavy atom. The van der Waals surface area contributed by atoms with Crippen LogP contribution < -0.4 is 5.32 Å². The van der Waals surface area contributed by atoms with Crippen molar-refractivity contribution in [2.45, 2.75) is 39.5 Å². The van der Waals surface area contributed by atoms with Gasteiger partial charge in [-0.15, -0.1) is 0 Å². The molecule has 0 aromatic heterocycles. The summed E-state index contributed by atoms with van der Waals surface area (Å²) in [6, 6.07) is 0. The van der Waals surface area contributed by atoms with Crippen LogP contribution in [-0.2, 0) is 0 Å². The zero-order valence-electron chi connectivity index (χ0n) is 12.5. The summed E-state index contributed by atoms with van der Waals surface area (Å²) in [6.07, 6.45) is 5.24. The van der Waals surface area contributed by atoms with Gasteiger partial charge >= 0.3 is 0 Å². The molecule has 0 saturated carbocycles. The van der Waals surface area contributed by atoms with E-state index in [0.717, 1.165) is 13.1 Å². The molecule has 0 aliphatic rings. The van der Waals surface area contributed by atoms with Gasteiger partial charge in [0.15, 0.2) is 0 Å². The van der Waals surface area contributed by atoms with Crippen molar-refractivity contribution in [3.8, 4) is 0 Å². The van der Waals surface area contributed by atoms with E-state index in [-0.39, 0.29) is 0 Å². The molecular formula is C14H33N3. The number of unbranched alkanes of at least 4 members (excludes halogenated alkanes) is 2. The molecule has 0 aliphatic heterocycles. The quantitative estimate of drug-likeness (QED) is 0.529. The van der Waals surface area contributed by atoms with Crippen LogP contribution in [0.4, 0.5) is 0 Å².